The SMILES string of the molecule is C=CCN(CC=C)C(=O)Nc1ccc(O)cc1C(=O)O. The van der Waals surface area contributed by atoms with E-state index < -0.39 is 12.0 Å². The van der Waals surface area contributed by atoms with Gasteiger partial charge < -0.3 is 20.4 Å². The minimum absolute atomic E-state index is 0.110. The monoisotopic (exact) mass is 276 g/mol. The lowest BCUT2D eigenvalue weighted by molar-refractivity contribution is 0.0697. The first-order chi connectivity index (χ1) is 9.49. The van der Waals surface area contributed by atoms with Crippen LogP contribution in [0.1, 0.15) is 10.4 Å². The largest absolute Gasteiger partial charge is 0.508 e. The lowest BCUT2D eigenvalue weighted by atomic mass is 10.1. The fourth-order valence-electron chi connectivity index (χ4n) is 1.56. The quantitative estimate of drug-likeness (QED) is 0.549. The molecule has 0 aliphatic heterocycles. The predicted molar refractivity (Wildman–Crippen MR) is 76.1 cm³/mol. The first-order valence-corrected chi connectivity index (χ1v) is 5.83. The molecule has 0 aliphatic rings. The standard InChI is InChI=1S/C14H16N2O4/c1-3-7-16(8-4-2)14(20)15-12-6-5-10(17)9-11(12)13(18)19/h3-6,9,17H,1-2,7-8H2,(H,15,20)(H,18,19). The van der Waals surface area contributed by atoms with Crippen molar-refractivity contribution in [1.29, 1.82) is 0 Å². The predicted octanol–water partition coefficient (Wildman–Crippen LogP) is 2.30. The number of carbonyl (C=O) groups is 2. The van der Waals surface area contributed by atoms with Gasteiger partial charge in [-0.25, -0.2) is 9.59 Å². The van der Waals surface area contributed by atoms with Crippen molar-refractivity contribution in [3.05, 3.63) is 49.1 Å². The van der Waals surface area contributed by atoms with E-state index in [1.165, 1.54) is 17.0 Å². The van der Waals surface area contributed by atoms with E-state index in [9.17, 15) is 14.7 Å². The van der Waals surface area contributed by atoms with Crippen molar-refractivity contribution < 1.29 is 19.8 Å². The van der Waals surface area contributed by atoms with E-state index in [0.717, 1.165) is 6.07 Å². The molecule has 2 amide bonds. The first kappa shape index (κ1) is 15.3. The molecule has 0 aromatic heterocycles. The van der Waals surface area contributed by atoms with Crippen LogP contribution in [-0.4, -0.2) is 40.2 Å². The number of hydrogen-bond donors (Lipinski definition) is 3. The van der Waals surface area contributed by atoms with Crippen molar-refractivity contribution in [2.75, 3.05) is 18.4 Å². The molecule has 0 fully saturated rings. The number of amides is 2. The molecule has 0 radical (unpaired) electrons. The van der Waals surface area contributed by atoms with Gasteiger partial charge in [-0.3, -0.25) is 0 Å². The van der Waals surface area contributed by atoms with E-state index in [2.05, 4.69) is 18.5 Å². The molecule has 6 nitrogen and oxygen atoms in total. The number of urea groups is 1. The summed E-state index contributed by atoms with van der Waals surface area (Å²) in [6.07, 6.45) is 3.11. The van der Waals surface area contributed by atoms with Crippen LogP contribution in [0.5, 0.6) is 5.75 Å². The van der Waals surface area contributed by atoms with Crippen LogP contribution in [0.3, 0.4) is 0 Å². The number of carbonyl (C=O) groups excluding carboxylic acids is 1. The van der Waals surface area contributed by atoms with Gasteiger partial charge >= 0.3 is 12.0 Å². The van der Waals surface area contributed by atoms with Gasteiger partial charge in [0.05, 0.1) is 11.3 Å². The summed E-state index contributed by atoms with van der Waals surface area (Å²) in [5.74, 6) is -1.43. The molecule has 106 valence electrons. The fraction of sp³-hybridized carbons (Fsp3) is 0.143. The molecular weight excluding hydrogens is 260 g/mol. The van der Waals surface area contributed by atoms with E-state index in [1.54, 1.807) is 12.2 Å². The fourth-order valence-corrected chi connectivity index (χ4v) is 1.56. The number of aromatic hydroxyl groups is 1. The highest BCUT2D eigenvalue weighted by atomic mass is 16.4. The molecule has 1 rings (SSSR count). The third-order valence-electron chi connectivity index (χ3n) is 2.46. The van der Waals surface area contributed by atoms with Gasteiger partial charge in [-0.1, -0.05) is 12.2 Å². The summed E-state index contributed by atoms with van der Waals surface area (Å²) >= 11 is 0. The Morgan fingerprint density at radius 3 is 2.35 bits per heavy atom. The van der Waals surface area contributed by atoms with Crippen LogP contribution in [0.4, 0.5) is 10.5 Å². The molecule has 0 unspecified atom stereocenters. The van der Waals surface area contributed by atoms with E-state index in [0.29, 0.717) is 13.1 Å². The molecule has 6 heteroatoms. The van der Waals surface area contributed by atoms with Gasteiger partial charge in [-0.2, -0.15) is 0 Å². The molecule has 0 bridgehead atoms. The van der Waals surface area contributed by atoms with Gasteiger partial charge in [-0.15, -0.1) is 13.2 Å². The summed E-state index contributed by atoms with van der Waals surface area (Å²) in [7, 11) is 0. The maximum Gasteiger partial charge on any atom is 0.337 e. The van der Waals surface area contributed by atoms with Crippen molar-refractivity contribution >= 4 is 17.7 Å². The van der Waals surface area contributed by atoms with E-state index in [1.807, 2.05) is 0 Å². The molecule has 0 spiro atoms. The van der Waals surface area contributed by atoms with Gasteiger partial charge in [0.1, 0.15) is 5.75 Å². The molecule has 0 heterocycles. The van der Waals surface area contributed by atoms with Gasteiger partial charge in [0.25, 0.3) is 0 Å². The average Bonchev–Trinajstić information content (AvgIpc) is 2.40. The summed E-state index contributed by atoms with van der Waals surface area (Å²) in [6, 6.07) is 3.23. The Hall–Kier alpha value is -2.76. The number of phenolic OH excluding ortho intramolecular Hbond substituents is 1. The number of anilines is 1. The maximum absolute atomic E-state index is 12.0. The normalized spacial score (nSPS) is 9.60. The Labute approximate surface area is 116 Å². The second-order valence-corrected chi connectivity index (χ2v) is 3.95. The Kier molecular flexibility index (Phi) is 5.34. The molecule has 3 N–H and O–H groups in total. The Morgan fingerprint density at radius 1 is 1.25 bits per heavy atom. The highest BCUT2D eigenvalue weighted by Crippen LogP contribution is 2.21. The highest BCUT2D eigenvalue weighted by molar-refractivity contribution is 6.00. The zero-order chi connectivity index (χ0) is 15.1. The summed E-state index contributed by atoms with van der Waals surface area (Å²) in [4.78, 5) is 24.5. The Morgan fingerprint density at radius 2 is 1.85 bits per heavy atom. The van der Waals surface area contributed by atoms with Crippen molar-refractivity contribution in [1.82, 2.24) is 4.90 Å². The second-order valence-electron chi connectivity index (χ2n) is 3.95. The van der Waals surface area contributed by atoms with Gasteiger partial charge in [0, 0.05) is 13.1 Å². The number of benzene rings is 1. The summed E-state index contributed by atoms with van der Waals surface area (Å²) < 4.78 is 0. The second kappa shape index (κ2) is 6.98. The van der Waals surface area contributed by atoms with Gasteiger partial charge in [0.2, 0.25) is 0 Å². The number of phenols is 1. The van der Waals surface area contributed by atoms with Crippen LogP contribution >= 0.6 is 0 Å². The third-order valence-corrected chi connectivity index (χ3v) is 2.46. The van der Waals surface area contributed by atoms with Crippen molar-refractivity contribution in [3.8, 4) is 5.75 Å². The Balaban J connectivity index is 2.96. The number of hydrogen-bond acceptors (Lipinski definition) is 3. The summed E-state index contributed by atoms with van der Waals surface area (Å²) in [5.41, 5.74) is -0.0751. The van der Waals surface area contributed by atoms with Crippen molar-refractivity contribution in [3.63, 3.8) is 0 Å². The zero-order valence-corrected chi connectivity index (χ0v) is 10.9. The van der Waals surface area contributed by atoms with Crippen LogP contribution in [0, 0.1) is 0 Å². The van der Waals surface area contributed by atoms with Crippen molar-refractivity contribution in [2.24, 2.45) is 0 Å². The molecule has 0 aliphatic carbocycles. The van der Waals surface area contributed by atoms with Crippen LogP contribution < -0.4 is 5.32 Å². The lowest BCUT2D eigenvalue weighted by Gasteiger charge is -2.20. The van der Waals surface area contributed by atoms with E-state index in [-0.39, 0.29) is 17.0 Å². The van der Waals surface area contributed by atoms with Crippen LogP contribution in [0.15, 0.2) is 43.5 Å². The van der Waals surface area contributed by atoms with Crippen LogP contribution in [-0.2, 0) is 0 Å². The molecule has 0 saturated carbocycles. The number of nitrogens with zero attached hydrogens (tertiary/aromatic N) is 1. The summed E-state index contributed by atoms with van der Waals surface area (Å²) in [6.45, 7) is 7.70. The molecule has 1 aromatic carbocycles. The molecule has 0 atom stereocenters. The number of nitrogens with one attached hydrogen (secondary N) is 1. The molecular formula is C14H16N2O4. The molecule has 0 saturated heterocycles. The average molecular weight is 276 g/mol. The number of carboxylic acids is 1. The zero-order valence-electron chi connectivity index (χ0n) is 10.9. The Bertz CT molecular complexity index is 530. The van der Waals surface area contributed by atoms with Gasteiger partial charge in [0.15, 0.2) is 0 Å². The highest BCUT2D eigenvalue weighted by Gasteiger charge is 2.16. The molecule has 1 aromatic rings. The van der Waals surface area contributed by atoms with Crippen molar-refractivity contribution in [2.45, 2.75) is 0 Å². The van der Waals surface area contributed by atoms with E-state index in [4.69, 9.17) is 5.11 Å². The van der Waals surface area contributed by atoms with Crippen LogP contribution in [0.2, 0.25) is 0 Å². The lowest BCUT2D eigenvalue weighted by Crippen LogP contribution is -2.35. The number of aromatic carboxylic acids is 1. The van der Waals surface area contributed by atoms with Crippen LogP contribution in [0.25, 0.3) is 0 Å². The molecule has 20 heavy (non-hydrogen) atoms. The first-order valence-electron chi connectivity index (χ1n) is 5.83. The summed E-state index contributed by atoms with van der Waals surface area (Å²) in [5, 5.41) is 20.8. The van der Waals surface area contributed by atoms with E-state index >= 15 is 0 Å². The topological polar surface area (TPSA) is 89.9 Å². The van der Waals surface area contributed by atoms with Gasteiger partial charge in [-0.05, 0) is 18.2 Å². The maximum atomic E-state index is 12.0. The number of rotatable bonds is 6. The minimum atomic E-state index is -1.24. The third kappa shape index (κ3) is 3.88. The smallest absolute Gasteiger partial charge is 0.337 e. The number of carboxylic acid groups (broad SMARTS) is 1. The minimum Gasteiger partial charge on any atom is -0.508 e.